The fraction of sp³-hybridized carbons (Fsp3) is 0.591. The van der Waals surface area contributed by atoms with Crippen LogP contribution in [-0.4, -0.2) is 43.9 Å². The molecule has 6 heteroatoms. The average Bonchev–Trinajstić information content (AvgIpc) is 2.87. The zero-order chi connectivity index (χ0) is 20.4. The first-order chi connectivity index (χ1) is 13.2. The largest absolute Gasteiger partial charge is 0.492 e. The van der Waals surface area contributed by atoms with Crippen LogP contribution in [0.1, 0.15) is 64.5 Å². The van der Waals surface area contributed by atoms with Crippen LogP contribution in [0.2, 0.25) is 0 Å². The van der Waals surface area contributed by atoms with Crippen LogP contribution in [0.25, 0.3) is 6.08 Å². The Kier molecular flexibility index (Phi) is 6.32. The zero-order valence-corrected chi connectivity index (χ0v) is 17.8. The van der Waals surface area contributed by atoms with Crippen molar-refractivity contribution in [3.8, 4) is 0 Å². The number of carbonyl (C=O) groups is 1. The molecule has 2 saturated heterocycles. The van der Waals surface area contributed by atoms with E-state index >= 15 is 0 Å². The van der Waals surface area contributed by atoms with Gasteiger partial charge in [-0.2, -0.15) is 0 Å². The Labute approximate surface area is 169 Å². The fourth-order valence-electron chi connectivity index (χ4n) is 3.66. The molecule has 3 rings (SSSR count). The quantitative estimate of drug-likeness (QED) is 0.765. The lowest BCUT2D eigenvalue weighted by Gasteiger charge is -2.32. The highest BCUT2D eigenvalue weighted by molar-refractivity contribution is 6.56. The van der Waals surface area contributed by atoms with Gasteiger partial charge in [0.15, 0.2) is 0 Å². The molecule has 2 aliphatic heterocycles. The van der Waals surface area contributed by atoms with Gasteiger partial charge in [-0.25, -0.2) is 0 Å². The molecule has 0 unspecified atom stereocenters. The molecule has 2 heterocycles. The first kappa shape index (κ1) is 21.1. The van der Waals surface area contributed by atoms with Gasteiger partial charge in [-0.3, -0.25) is 4.79 Å². The highest BCUT2D eigenvalue weighted by atomic mass is 16.7. The minimum Gasteiger partial charge on any atom is -0.400 e. The van der Waals surface area contributed by atoms with E-state index in [0.717, 1.165) is 24.1 Å². The SMILES string of the molecule is CC(=O)NCC(=Cc1ccc(C2CCNCC2)cc1)B1OC(C)(C)C(C)(C)O1. The lowest BCUT2D eigenvalue weighted by atomic mass is 9.76. The highest BCUT2D eigenvalue weighted by Crippen LogP contribution is 2.38. The van der Waals surface area contributed by atoms with Crippen LogP contribution in [0.4, 0.5) is 0 Å². The van der Waals surface area contributed by atoms with Crippen molar-refractivity contribution in [3.63, 3.8) is 0 Å². The molecule has 2 fully saturated rings. The van der Waals surface area contributed by atoms with Crippen LogP contribution in [-0.2, 0) is 14.1 Å². The number of hydrogen-bond donors (Lipinski definition) is 2. The monoisotopic (exact) mass is 384 g/mol. The van der Waals surface area contributed by atoms with Crippen molar-refractivity contribution in [2.24, 2.45) is 0 Å². The van der Waals surface area contributed by atoms with E-state index < -0.39 is 18.3 Å². The lowest BCUT2D eigenvalue weighted by molar-refractivity contribution is -0.118. The summed E-state index contributed by atoms with van der Waals surface area (Å²) < 4.78 is 12.4. The van der Waals surface area contributed by atoms with Gasteiger partial charge in [0.25, 0.3) is 0 Å². The van der Waals surface area contributed by atoms with Gasteiger partial charge >= 0.3 is 7.12 Å². The average molecular weight is 384 g/mol. The number of amides is 1. The van der Waals surface area contributed by atoms with Gasteiger partial charge in [-0.05, 0) is 76.1 Å². The Morgan fingerprint density at radius 1 is 1.14 bits per heavy atom. The summed E-state index contributed by atoms with van der Waals surface area (Å²) in [6, 6.07) is 8.75. The second kappa shape index (κ2) is 8.40. The van der Waals surface area contributed by atoms with Crippen molar-refractivity contribution in [1.82, 2.24) is 10.6 Å². The topological polar surface area (TPSA) is 59.6 Å². The number of rotatable bonds is 5. The summed E-state index contributed by atoms with van der Waals surface area (Å²) in [5.41, 5.74) is 2.59. The summed E-state index contributed by atoms with van der Waals surface area (Å²) in [4.78, 5) is 11.5. The van der Waals surface area contributed by atoms with Crippen LogP contribution < -0.4 is 10.6 Å². The predicted molar refractivity (Wildman–Crippen MR) is 114 cm³/mol. The van der Waals surface area contributed by atoms with Gasteiger partial charge in [0.2, 0.25) is 5.91 Å². The fourth-order valence-corrected chi connectivity index (χ4v) is 3.66. The van der Waals surface area contributed by atoms with E-state index in [1.165, 1.54) is 25.3 Å². The van der Waals surface area contributed by atoms with Crippen molar-refractivity contribution >= 4 is 19.1 Å². The van der Waals surface area contributed by atoms with Gasteiger partial charge in [0, 0.05) is 13.5 Å². The lowest BCUT2D eigenvalue weighted by Crippen LogP contribution is -2.41. The van der Waals surface area contributed by atoms with Gasteiger partial charge in [-0.1, -0.05) is 30.3 Å². The van der Waals surface area contributed by atoms with E-state index in [2.05, 4.69) is 41.0 Å². The molecule has 28 heavy (non-hydrogen) atoms. The molecule has 5 nitrogen and oxygen atoms in total. The van der Waals surface area contributed by atoms with E-state index in [4.69, 9.17) is 9.31 Å². The summed E-state index contributed by atoms with van der Waals surface area (Å²) in [6.07, 6.45) is 4.46. The molecule has 1 amide bonds. The maximum Gasteiger partial charge on any atom is 0.492 e. The third-order valence-corrected chi connectivity index (χ3v) is 6.20. The van der Waals surface area contributed by atoms with E-state index in [1.807, 2.05) is 27.7 Å². The van der Waals surface area contributed by atoms with Gasteiger partial charge in [0.1, 0.15) is 0 Å². The summed E-state index contributed by atoms with van der Waals surface area (Å²) in [5.74, 6) is 0.574. The molecule has 0 spiro atoms. The second-order valence-electron chi connectivity index (χ2n) is 8.91. The van der Waals surface area contributed by atoms with E-state index in [0.29, 0.717) is 12.5 Å². The van der Waals surface area contributed by atoms with Crippen molar-refractivity contribution in [3.05, 3.63) is 40.9 Å². The molecule has 152 valence electrons. The molecule has 1 aromatic carbocycles. The summed E-state index contributed by atoms with van der Waals surface area (Å²) in [6.45, 7) is 12.3. The molecule has 0 saturated carbocycles. The number of benzene rings is 1. The third kappa shape index (κ3) is 4.86. The number of piperidine rings is 1. The third-order valence-electron chi connectivity index (χ3n) is 6.20. The molecule has 1 aromatic rings. The Hall–Kier alpha value is -1.63. The Bertz CT molecular complexity index is 706. The van der Waals surface area contributed by atoms with Crippen LogP contribution >= 0.6 is 0 Å². The first-order valence-corrected chi connectivity index (χ1v) is 10.3. The molecule has 0 radical (unpaired) electrons. The van der Waals surface area contributed by atoms with Crippen molar-refractivity contribution in [1.29, 1.82) is 0 Å². The van der Waals surface area contributed by atoms with Gasteiger partial charge in [0.05, 0.1) is 11.2 Å². The molecule has 0 bridgehead atoms. The maximum atomic E-state index is 11.5. The molecule has 0 aliphatic carbocycles. The normalized spacial score (nSPS) is 22.3. The van der Waals surface area contributed by atoms with Crippen molar-refractivity contribution < 1.29 is 14.1 Å². The Morgan fingerprint density at radius 2 is 1.71 bits per heavy atom. The van der Waals surface area contributed by atoms with E-state index in [9.17, 15) is 4.79 Å². The maximum absolute atomic E-state index is 11.5. The van der Waals surface area contributed by atoms with Crippen molar-refractivity contribution in [2.45, 2.75) is 64.6 Å². The Balaban J connectivity index is 1.79. The van der Waals surface area contributed by atoms with Gasteiger partial charge < -0.3 is 19.9 Å². The van der Waals surface area contributed by atoms with E-state index in [1.54, 1.807) is 0 Å². The molecule has 0 aromatic heterocycles. The van der Waals surface area contributed by atoms with Crippen LogP contribution in [0.5, 0.6) is 0 Å². The Morgan fingerprint density at radius 3 is 2.25 bits per heavy atom. The minimum atomic E-state index is -0.471. The predicted octanol–water partition coefficient (Wildman–Crippen LogP) is 3.30. The first-order valence-electron chi connectivity index (χ1n) is 10.3. The number of carbonyl (C=O) groups excluding carboxylic acids is 1. The van der Waals surface area contributed by atoms with Crippen molar-refractivity contribution in [2.75, 3.05) is 19.6 Å². The van der Waals surface area contributed by atoms with Crippen LogP contribution in [0, 0.1) is 0 Å². The molecule has 0 atom stereocenters. The standard InChI is InChI=1S/C22H33BN2O3/c1-16(26)25-15-20(23-27-21(2,3)22(4,5)28-23)14-17-6-8-18(9-7-17)19-10-12-24-13-11-19/h6-9,14,19,24H,10-13,15H2,1-5H3,(H,25,26). The van der Waals surface area contributed by atoms with Crippen LogP contribution in [0.15, 0.2) is 29.7 Å². The molecular weight excluding hydrogens is 351 g/mol. The number of hydrogen-bond acceptors (Lipinski definition) is 4. The minimum absolute atomic E-state index is 0.0660. The van der Waals surface area contributed by atoms with Crippen LogP contribution in [0.3, 0.4) is 0 Å². The molecular formula is C22H33BN2O3. The smallest absolute Gasteiger partial charge is 0.400 e. The van der Waals surface area contributed by atoms with Gasteiger partial charge in [-0.15, -0.1) is 0 Å². The number of nitrogens with one attached hydrogen (secondary N) is 2. The summed E-state index contributed by atoms with van der Waals surface area (Å²) in [7, 11) is -0.471. The second-order valence-corrected chi connectivity index (χ2v) is 8.91. The molecule has 2 N–H and O–H groups in total. The highest BCUT2D eigenvalue weighted by Gasteiger charge is 2.52. The summed E-state index contributed by atoms with van der Waals surface area (Å²) in [5, 5.41) is 6.30. The van der Waals surface area contributed by atoms with E-state index in [-0.39, 0.29) is 5.91 Å². The summed E-state index contributed by atoms with van der Waals surface area (Å²) >= 11 is 0. The zero-order valence-electron chi connectivity index (χ0n) is 17.8. The molecule has 2 aliphatic rings.